The highest BCUT2D eigenvalue weighted by Gasteiger charge is 2.26. The van der Waals surface area contributed by atoms with Crippen LogP contribution in [0.15, 0.2) is 18.3 Å². The van der Waals surface area contributed by atoms with E-state index in [1.165, 1.54) is 31.5 Å². The van der Waals surface area contributed by atoms with Gasteiger partial charge in [0.1, 0.15) is 0 Å². The summed E-state index contributed by atoms with van der Waals surface area (Å²) in [6, 6.07) is 4.71. The lowest BCUT2D eigenvalue weighted by Crippen LogP contribution is -2.27. The number of hydrogen-bond donors (Lipinski definition) is 0. The molecule has 2 rings (SSSR count). The standard InChI is InChI=1S/C15H24N2O/c1-4-18-15-8-7-13(10-16-15)14-6-5-9-17(14)11-12(2)3/h7-8,10,12,14H,4-6,9,11H2,1-3H3/t14-/m0/s1. The van der Waals surface area contributed by atoms with Crippen molar-refractivity contribution >= 4 is 0 Å². The fraction of sp³-hybridized carbons (Fsp3) is 0.667. The first-order chi connectivity index (χ1) is 8.70. The molecule has 100 valence electrons. The molecule has 0 unspecified atom stereocenters. The Kier molecular flexibility index (Phi) is 4.59. The number of ether oxygens (including phenoxy) is 1. The Hall–Kier alpha value is -1.09. The van der Waals surface area contributed by atoms with Gasteiger partial charge in [-0.05, 0) is 37.8 Å². The molecule has 0 bridgehead atoms. The van der Waals surface area contributed by atoms with Crippen LogP contribution in [-0.4, -0.2) is 29.6 Å². The van der Waals surface area contributed by atoms with Crippen LogP contribution in [0.5, 0.6) is 5.88 Å². The largest absolute Gasteiger partial charge is 0.478 e. The van der Waals surface area contributed by atoms with E-state index in [4.69, 9.17) is 4.74 Å². The van der Waals surface area contributed by atoms with Gasteiger partial charge < -0.3 is 4.74 Å². The van der Waals surface area contributed by atoms with Crippen molar-refractivity contribution in [2.45, 2.75) is 39.7 Å². The van der Waals surface area contributed by atoms with Crippen molar-refractivity contribution in [3.63, 3.8) is 0 Å². The zero-order chi connectivity index (χ0) is 13.0. The van der Waals surface area contributed by atoms with Crippen molar-refractivity contribution < 1.29 is 4.74 Å². The van der Waals surface area contributed by atoms with E-state index in [1.54, 1.807) is 0 Å². The number of hydrogen-bond acceptors (Lipinski definition) is 3. The Morgan fingerprint density at radius 3 is 2.89 bits per heavy atom. The van der Waals surface area contributed by atoms with Gasteiger partial charge in [-0.15, -0.1) is 0 Å². The lowest BCUT2D eigenvalue weighted by molar-refractivity contribution is 0.228. The van der Waals surface area contributed by atoms with E-state index in [2.05, 4.69) is 29.8 Å². The van der Waals surface area contributed by atoms with Gasteiger partial charge in [-0.1, -0.05) is 19.9 Å². The number of aromatic nitrogens is 1. The molecule has 3 nitrogen and oxygen atoms in total. The molecule has 0 aromatic carbocycles. The van der Waals surface area contributed by atoms with Crippen LogP contribution in [0.1, 0.15) is 45.2 Å². The predicted octanol–water partition coefficient (Wildman–Crippen LogP) is 3.27. The summed E-state index contributed by atoms with van der Waals surface area (Å²) >= 11 is 0. The molecule has 1 aliphatic rings. The van der Waals surface area contributed by atoms with Crippen LogP contribution >= 0.6 is 0 Å². The fourth-order valence-electron chi connectivity index (χ4n) is 2.71. The molecular weight excluding hydrogens is 224 g/mol. The number of rotatable bonds is 5. The van der Waals surface area contributed by atoms with Gasteiger partial charge >= 0.3 is 0 Å². The van der Waals surface area contributed by atoms with Gasteiger partial charge in [-0.3, -0.25) is 4.90 Å². The first-order valence-electron chi connectivity index (χ1n) is 7.03. The number of nitrogens with zero attached hydrogens (tertiary/aromatic N) is 2. The molecular formula is C15H24N2O. The Morgan fingerprint density at radius 2 is 2.28 bits per heavy atom. The Bertz CT molecular complexity index is 361. The Labute approximate surface area is 110 Å². The van der Waals surface area contributed by atoms with Gasteiger partial charge in [0.05, 0.1) is 6.61 Å². The van der Waals surface area contributed by atoms with E-state index in [-0.39, 0.29) is 0 Å². The van der Waals surface area contributed by atoms with E-state index in [0.29, 0.717) is 12.6 Å². The molecule has 1 atom stereocenters. The second-order valence-electron chi connectivity index (χ2n) is 5.41. The summed E-state index contributed by atoms with van der Waals surface area (Å²) in [4.78, 5) is 6.96. The Morgan fingerprint density at radius 1 is 1.44 bits per heavy atom. The summed E-state index contributed by atoms with van der Waals surface area (Å²) in [6.45, 7) is 9.62. The van der Waals surface area contributed by atoms with Gasteiger partial charge in [-0.2, -0.15) is 0 Å². The van der Waals surface area contributed by atoms with E-state index in [0.717, 1.165) is 11.8 Å². The van der Waals surface area contributed by atoms with Crippen LogP contribution < -0.4 is 4.74 Å². The maximum absolute atomic E-state index is 5.39. The maximum Gasteiger partial charge on any atom is 0.213 e. The molecule has 1 aliphatic heterocycles. The third-order valence-electron chi connectivity index (χ3n) is 3.40. The monoisotopic (exact) mass is 248 g/mol. The molecule has 1 fully saturated rings. The van der Waals surface area contributed by atoms with Crippen LogP contribution in [0, 0.1) is 5.92 Å². The van der Waals surface area contributed by atoms with E-state index < -0.39 is 0 Å². The predicted molar refractivity (Wildman–Crippen MR) is 73.8 cm³/mol. The van der Waals surface area contributed by atoms with E-state index in [1.807, 2.05) is 19.2 Å². The van der Waals surface area contributed by atoms with Crippen LogP contribution in [0.25, 0.3) is 0 Å². The smallest absolute Gasteiger partial charge is 0.213 e. The summed E-state index contributed by atoms with van der Waals surface area (Å²) in [5.41, 5.74) is 1.33. The molecule has 1 aromatic rings. The molecule has 0 saturated carbocycles. The molecule has 0 aliphatic carbocycles. The summed E-state index contributed by atoms with van der Waals surface area (Å²) in [6.07, 6.45) is 4.53. The summed E-state index contributed by atoms with van der Waals surface area (Å²) < 4.78 is 5.39. The third kappa shape index (κ3) is 3.22. The minimum absolute atomic E-state index is 0.551. The normalized spacial score (nSPS) is 20.6. The molecule has 0 spiro atoms. The maximum atomic E-state index is 5.39. The highest BCUT2D eigenvalue weighted by molar-refractivity contribution is 5.21. The lowest BCUT2D eigenvalue weighted by Gasteiger charge is -2.26. The SMILES string of the molecule is CCOc1ccc([C@@H]2CCCN2CC(C)C)cn1. The first-order valence-corrected chi connectivity index (χ1v) is 7.03. The van der Waals surface area contributed by atoms with E-state index in [9.17, 15) is 0 Å². The van der Waals surface area contributed by atoms with Gasteiger partial charge in [0, 0.05) is 24.8 Å². The average molecular weight is 248 g/mol. The highest BCUT2D eigenvalue weighted by atomic mass is 16.5. The quantitative estimate of drug-likeness (QED) is 0.799. The van der Waals surface area contributed by atoms with Crippen LogP contribution in [0.3, 0.4) is 0 Å². The summed E-state index contributed by atoms with van der Waals surface area (Å²) in [5.74, 6) is 1.45. The minimum atomic E-state index is 0.551. The minimum Gasteiger partial charge on any atom is -0.478 e. The topological polar surface area (TPSA) is 25.4 Å². The van der Waals surface area contributed by atoms with Gasteiger partial charge in [0.25, 0.3) is 0 Å². The number of pyridine rings is 1. The molecule has 0 radical (unpaired) electrons. The summed E-state index contributed by atoms with van der Waals surface area (Å²) in [7, 11) is 0. The zero-order valence-electron chi connectivity index (χ0n) is 11.7. The van der Waals surface area contributed by atoms with Crippen molar-refractivity contribution in [1.29, 1.82) is 0 Å². The molecule has 1 aromatic heterocycles. The lowest BCUT2D eigenvalue weighted by atomic mass is 10.1. The molecule has 3 heteroatoms. The van der Waals surface area contributed by atoms with Crippen molar-refractivity contribution in [1.82, 2.24) is 9.88 Å². The van der Waals surface area contributed by atoms with Crippen molar-refractivity contribution in [3.8, 4) is 5.88 Å². The summed E-state index contributed by atoms with van der Waals surface area (Å²) in [5, 5.41) is 0. The van der Waals surface area contributed by atoms with Gasteiger partial charge in [-0.25, -0.2) is 4.98 Å². The van der Waals surface area contributed by atoms with Crippen LogP contribution in [0.2, 0.25) is 0 Å². The van der Waals surface area contributed by atoms with Crippen LogP contribution in [-0.2, 0) is 0 Å². The molecule has 0 N–H and O–H groups in total. The van der Waals surface area contributed by atoms with Crippen molar-refractivity contribution in [2.75, 3.05) is 19.7 Å². The first kappa shape index (κ1) is 13.3. The highest BCUT2D eigenvalue weighted by Crippen LogP contribution is 2.32. The van der Waals surface area contributed by atoms with Gasteiger partial charge in [0.15, 0.2) is 0 Å². The second kappa shape index (κ2) is 6.19. The fourth-order valence-corrected chi connectivity index (χ4v) is 2.71. The van der Waals surface area contributed by atoms with Crippen molar-refractivity contribution in [3.05, 3.63) is 23.9 Å². The molecule has 0 amide bonds. The third-order valence-corrected chi connectivity index (χ3v) is 3.40. The Balaban J connectivity index is 2.05. The number of likely N-dealkylation sites (tertiary alicyclic amines) is 1. The second-order valence-corrected chi connectivity index (χ2v) is 5.41. The molecule has 1 saturated heterocycles. The molecule has 18 heavy (non-hydrogen) atoms. The average Bonchev–Trinajstić information content (AvgIpc) is 2.78. The van der Waals surface area contributed by atoms with Gasteiger partial charge in [0.2, 0.25) is 5.88 Å². The zero-order valence-corrected chi connectivity index (χ0v) is 11.7. The van der Waals surface area contributed by atoms with E-state index >= 15 is 0 Å². The van der Waals surface area contributed by atoms with Crippen molar-refractivity contribution in [2.24, 2.45) is 5.92 Å². The molecule has 2 heterocycles. The van der Waals surface area contributed by atoms with Crippen LogP contribution in [0.4, 0.5) is 0 Å².